The number of halogens is 2. The highest BCUT2D eigenvalue weighted by Crippen LogP contribution is 2.44. The lowest BCUT2D eigenvalue weighted by atomic mass is 10.0. The van der Waals surface area contributed by atoms with E-state index in [-0.39, 0.29) is 28.4 Å². The second kappa shape index (κ2) is 9.36. The molecule has 1 N–H and O–H groups in total. The van der Waals surface area contributed by atoms with Crippen LogP contribution in [0.1, 0.15) is 12.8 Å². The third-order valence-corrected chi connectivity index (χ3v) is 7.43. The highest BCUT2D eigenvalue weighted by atomic mass is 35.5. The van der Waals surface area contributed by atoms with Crippen LogP contribution in [-0.2, 0) is 4.79 Å². The SMILES string of the molecule is O=C(Nc1ccc(F)c(Cl)c1)N1CCC2(CC1)SCCN2C(=O)COc1ccccc1. The van der Waals surface area contributed by atoms with E-state index in [1.807, 2.05) is 35.2 Å². The van der Waals surface area contributed by atoms with E-state index in [4.69, 9.17) is 16.3 Å². The number of rotatable bonds is 4. The molecule has 0 radical (unpaired) electrons. The summed E-state index contributed by atoms with van der Waals surface area (Å²) >= 11 is 7.56. The number of para-hydroxylation sites is 1. The minimum absolute atomic E-state index is 0.00184. The average molecular weight is 464 g/mol. The summed E-state index contributed by atoms with van der Waals surface area (Å²) in [4.78, 5) is 28.8. The van der Waals surface area contributed by atoms with Crippen molar-refractivity contribution >= 4 is 41.0 Å². The third-order valence-electron chi connectivity index (χ3n) is 5.59. The van der Waals surface area contributed by atoms with E-state index in [1.54, 1.807) is 16.7 Å². The number of anilines is 1. The Labute approximate surface area is 189 Å². The highest BCUT2D eigenvalue weighted by molar-refractivity contribution is 8.00. The molecular formula is C22H23ClFN3O3S. The van der Waals surface area contributed by atoms with Crippen LogP contribution < -0.4 is 10.1 Å². The third kappa shape index (κ3) is 4.91. The quantitative estimate of drug-likeness (QED) is 0.727. The molecule has 2 saturated heterocycles. The average Bonchev–Trinajstić information content (AvgIpc) is 3.18. The van der Waals surface area contributed by atoms with Crippen LogP contribution in [-0.4, -0.2) is 58.6 Å². The van der Waals surface area contributed by atoms with Crippen molar-refractivity contribution in [2.24, 2.45) is 0 Å². The topological polar surface area (TPSA) is 61.9 Å². The molecule has 31 heavy (non-hydrogen) atoms. The second-order valence-electron chi connectivity index (χ2n) is 7.49. The van der Waals surface area contributed by atoms with Crippen LogP contribution in [0.15, 0.2) is 48.5 Å². The molecule has 0 aromatic heterocycles. The molecular weight excluding hydrogens is 441 g/mol. The van der Waals surface area contributed by atoms with E-state index in [0.717, 1.165) is 5.75 Å². The first-order valence-electron chi connectivity index (χ1n) is 10.1. The predicted octanol–water partition coefficient (Wildman–Crippen LogP) is 4.46. The Balaban J connectivity index is 1.33. The molecule has 164 valence electrons. The van der Waals surface area contributed by atoms with Crippen LogP contribution in [0.5, 0.6) is 5.75 Å². The molecule has 2 aliphatic rings. The van der Waals surface area contributed by atoms with Crippen molar-refractivity contribution in [2.75, 3.05) is 37.3 Å². The minimum atomic E-state index is -0.529. The minimum Gasteiger partial charge on any atom is -0.484 e. The van der Waals surface area contributed by atoms with Crippen LogP contribution >= 0.6 is 23.4 Å². The Hall–Kier alpha value is -2.45. The molecule has 2 aliphatic heterocycles. The van der Waals surface area contributed by atoms with Crippen LogP contribution in [0.25, 0.3) is 0 Å². The fourth-order valence-electron chi connectivity index (χ4n) is 3.95. The normalized spacial score (nSPS) is 17.6. The Morgan fingerprint density at radius 3 is 2.58 bits per heavy atom. The first kappa shape index (κ1) is 21.8. The molecule has 2 aromatic rings. The maximum absolute atomic E-state index is 13.3. The van der Waals surface area contributed by atoms with Crippen molar-refractivity contribution in [1.29, 1.82) is 0 Å². The van der Waals surface area contributed by atoms with Crippen LogP contribution in [0.4, 0.5) is 14.9 Å². The van der Waals surface area contributed by atoms with Gasteiger partial charge in [0.25, 0.3) is 5.91 Å². The van der Waals surface area contributed by atoms with Crippen molar-refractivity contribution in [3.05, 3.63) is 59.4 Å². The predicted molar refractivity (Wildman–Crippen MR) is 120 cm³/mol. The molecule has 2 aromatic carbocycles. The molecule has 6 nitrogen and oxygen atoms in total. The zero-order valence-electron chi connectivity index (χ0n) is 16.9. The number of urea groups is 1. The summed E-state index contributed by atoms with van der Waals surface area (Å²) in [6.45, 7) is 1.73. The van der Waals surface area contributed by atoms with Crippen molar-refractivity contribution in [2.45, 2.75) is 17.7 Å². The molecule has 0 unspecified atom stereocenters. The number of likely N-dealkylation sites (tertiary alicyclic amines) is 1. The Morgan fingerprint density at radius 2 is 1.87 bits per heavy atom. The summed E-state index contributed by atoms with van der Waals surface area (Å²) in [6.07, 6.45) is 1.37. The van der Waals surface area contributed by atoms with E-state index < -0.39 is 5.82 Å². The largest absolute Gasteiger partial charge is 0.484 e. The first-order chi connectivity index (χ1) is 15.0. The van der Waals surface area contributed by atoms with E-state index in [9.17, 15) is 14.0 Å². The summed E-state index contributed by atoms with van der Waals surface area (Å²) in [6, 6.07) is 13.1. The van der Waals surface area contributed by atoms with Crippen molar-refractivity contribution < 1.29 is 18.7 Å². The molecule has 4 rings (SSSR count). The van der Waals surface area contributed by atoms with Crippen LogP contribution in [0.2, 0.25) is 5.02 Å². The lowest BCUT2D eigenvalue weighted by Crippen LogP contribution is -2.55. The van der Waals surface area contributed by atoms with E-state index in [2.05, 4.69) is 5.32 Å². The maximum Gasteiger partial charge on any atom is 0.321 e. The van der Waals surface area contributed by atoms with Gasteiger partial charge in [0, 0.05) is 31.1 Å². The van der Waals surface area contributed by atoms with E-state index in [1.165, 1.54) is 18.2 Å². The number of nitrogens with one attached hydrogen (secondary N) is 1. The fourth-order valence-corrected chi connectivity index (χ4v) is 5.60. The zero-order valence-corrected chi connectivity index (χ0v) is 18.4. The number of piperidine rings is 1. The number of hydrogen-bond donors (Lipinski definition) is 1. The lowest BCUT2D eigenvalue weighted by Gasteiger charge is -2.43. The molecule has 1 spiro atoms. The molecule has 9 heteroatoms. The molecule has 3 amide bonds. The van der Waals surface area contributed by atoms with Gasteiger partial charge in [-0.15, -0.1) is 11.8 Å². The van der Waals surface area contributed by atoms with Gasteiger partial charge in [-0.25, -0.2) is 9.18 Å². The summed E-state index contributed by atoms with van der Waals surface area (Å²) in [7, 11) is 0. The number of benzene rings is 2. The van der Waals surface area contributed by atoms with Crippen molar-refractivity contribution in [3.63, 3.8) is 0 Å². The van der Waals surface area contributed by atoms with Crippen molar-refractivity contribution in [3.8, 4) is 5.75 Å². The molecule has 2 heterocycles. The van der Waals surface area contributed by atoms with Gasteiger partial charge < -0.3 is 19.9 Å². The van der Waals surface area contributed by atoms with Crippen LogP contribution in [0, 0.1) is 5.82 Å². The zero-order chi connectivity index (χ0) is 21.8. The fraction of sp³-hybridized carbons (Fsp3) is 0.364. The van der Waals surface area contributed by atoms with Gasteiger partial charge in [-0.05, 0) is 43.2 Å². The summed E-state index contributed by atoms with van der Waals surface area (Å²) in [5.74, 6) is 0.979. The number of ether oxygens (including phenoxy) is 1. The van der Waals surface area contributed by atoms with Gasteiger partial charge in [-0.3, -0.25) is 4.79 Å². The number of thioether (sulfide) groups is 1. The Kier molecular flexibility index (Phi) is 6.57. The molecule has 0 aliphatic carbocycles. The first-order valence-corrected chi connectivity index (χ1v) is 11.5. The molecule has 2 fully saturated rings. The molecule has 0 bridgehead atoms. The van der Waals surface area contributed by atoms with Gasteiger partial charge in [-0.1, -0.05) is 29.8 Å². The standard InChI is InChI=1S/C22H23ClFN3O3S/c23-18-14-16(6-7-19(18)24)25-21(29)26-10-8-22(9-11-26)27(12-13-31-22)20(28)15-30-17-4-2-1-3-5-17/h1-7,14H,8-13,15H2,(H,25,29). The smallest absolute Gasteiger partial charge is 0.321 e. The Morgan fingerprint density at radius 1 is 1.13 bits per heavy atom. The van der Waals surface area contributed by atoms with Gasteiger partial charge in [0.1, 0.15) is 11.6 Å². The number of carbonyl (C=O) groups excluding carboxylic acids is 2. The van der Waals surface area contributed by atoms with Gasteiger partial charge >= 0.3 is 6.03 Å². The lowest BCUT2D eigenvalue weighted by molar-refractivity contribution is -0.136. The molecule has 0 atom stereocenters. The second-order valence-corrected chi connectivity index (χ2v) is 9.35. The monoisotopic (exact) mass is 463 g/mol. The number of nitrogens with zero attached hydrogens (tertiary/aromatic N) is 2. The number of amides is 3. The Bertz CT molecular complexity index is 954. The summed E-state index contributed by atoms with van der Waals surface area (Å²) < 4.78 is 19.0. The molecule has 0 saturated carbocycles. The number of hydrogen-bond acceptors (Lipinski definition) is 4. The van der Waals surface area contributed by atoms with Gasteiger partial charge in [-0.2, -0.15) is 0 Å². The maximum atomic E-state index is 13.3. The van der Waals surface area contributed by atoms with Crippen LogP contribution in [0.3, 0.4) is 0 Å². The van der Waals surface area contributed by atoms with Crippen molar-refractivity contribution in [1.82, 2.24) is 9.80 Å². The van der Waals surface area contributed by atoms with Gasteiger partial charge in [0.05, 0.1) is 9.89 Å². The summed E-state index contributed by atoms with van der Waals surface area (Å²) in [5, 5.41) is 2.72. The van der Waals surface area contributed by atoms with Gasteiger partial charge in [0.15, 0.2) is 6.61 Å². The van der Waals surface area contributed by atoms with E-state index in [0.29, 0.717) is 43.9 Å². The number of carbonyl (C=O) groups is 2. The van der Waals surface area contributed by atoms with E-state index >= 15 is 0 Å². The van der Waals surface area contributed by atoms with Gasteiger partial charge in [0.2, 0.25) is 0 Å². The highest BCUT2D eigenvalue weighted by Gasteiger charge is 2.46. The summed E-state index contributed by atoms with van der Waals surface area (Å²) in [5.41, 5.74) is 0.446.